The number of likely N-dealkylation sites (tertiary alicyclic amines) is 1. The molecule has 3 nitrogen and oxygen atoms in total. The lowest BCUT2D eigenvalue weighted by molar-refractivity contribution is 0.334. The van der Waals surface area contributed by atoms with Gasteiger partial charge in [0.2, 0.25) is 0 Å². The average molecular weight is 299 g/mol. The molecular formula is C14H19F2N3S. The van der Waals surface area contributed by atoms with E-state index in [1.165, 1.54) is 32.0 Å². The van der Waals surface area contributed by atoms with Crippen molar-refractivity contribution in [3.8, 4) is 0 Å². The van der Waals surface area contributed by atoms with Gasteiger partial charge in [0.15, 0.2) is 16.7 Å². The fourth-order valence-corrected chi connectivity index (χ4v) is 2.48. The second kappa shape index (κ2) is 7.50. The Morgan fingerprint density at radius 1 is 1.20 bits per heavy atom. The molecule has 2 N–H and O–H groups in total. The molecule has 1 aliphatic heterocycles. The van der Waals surface area contributed by atoms with E-state index in [-0.39, 0.29) is 0 Å². The third-order valence-corrected chi connectivity index (χ3v) is 3.56. The number of halogens is 2. The fourth-order valence-electron chi connectivity index (χ4n) is 2.26. The van der Waals surface area contributed by atoms with Crippen LogP contribution in [0, 0.1) is 11.6 Å². The minimum atomic E-state index is -0.883. The first-order valence-corrected chi connectivity index (χ1v) is 7.28. The fraction of sp³-hybridized carbons (Fsp3) is 0.500. The molecule has 0 unspecified atom stereocenters. The third-order valence-electron chi connectivity index (χ3n) is 3.31. The van der Waals surface area contributed by atoms with E-state index < -0.39 is 11.6 Å². The van der Waals surface area contributed by atoms with E-state index in [4.69, 9.17) is 12.2 Å². The van der Waals surface area contributed by atoms with Crippen molar-refractivity contribution in [3.63, 3.8) is 0 Å². The molecule has 1 aromatic rings. The number of hydrogen-bond acceptors (Lipinski definition) is 2. The van der Waals surface area contributed by atoms with Gasteiger partial charge in [-0.05, 0) is 63.2 Å². The van der Waals surface area contributed by atoms with Gasteiger partial charge in [-0.25, -0.2) is 8.78 Å². The molecule has 20 heavy (non-hydrogen) atoms. The molecule has 1 fully saturated rings. The molecule has 6 heteroatoms. The van der Waals surface area contributed by atoms with Crippen LogP contribution >= 0.6 is 12.2 Å². The summed E-state index contributed by atoms with van der Waals surface area (Å²) in [5.41, 5.74) is 0.445. The molecule has 1 heterocycles. The van der Waals surface area contributed by atoms with Crippen LogP contribution in [0.15, 0.2) is 18.2 Å². The molecule has 110 valence electrons. The Labute approximate surface area is 123 Å². The highest BCUT2D eigenvalue weighted by molar-refractivity contribution is 7.80. The lowest BCUT2D eigenvalue weighted by Crippen LogP contribution is -2.31. The van der Waals surface area contributed by atoms with Gasteiger partial charge in [-0.15, -0.1) is 0 Å². The summed E-state index contributed by atoms with van der Waals surface area (Å²) in [4.78, 5) is 2.44. The summed E-state index contributed by atoms with van der Waals surface area (Å²) in [6.07, 6.45) is 3.60. The highest BCUT2D eigenvalue weighted by Crippen LogP contribution is 2.12. The number of anilines is 1. The predicted octanol–water partition coefficient (Wildman–Crippen LogP) is 2.74. The highest BCUT2D eigenvalue weighted by Gasteiger charge is 2.10. The molecule has 1 aliphatic rings. The number of rotatable bonds is 5. The van der Waals surface area contributed by atoms with Crippen LogP contribution in [0.2, 0.25) is 0 Å². The van der Waals surface area contributed by atoms with Crippen LogP contribution in [-0.4, -0.2) is 36.2 Å². The van der Waals surface area contributed by atoms with E-state index in [0.717, 1.165) is 31.6 Å². The Balaban J connectivity index is 1.65. The first-order valence-electron chi connectivity index (χ1n) is 6.87. The van der Waals surface area contributed by atoms with E-state index >= 15 is 0 Å². The van der Waals surface area contributed by atoms with Crippen LogP contribution in [0.5, 0.6) is 0 Å². The second-order valence-corrected chi connectivity index (χ2v) is 5.32. The molecule has 1 saturated heterocycles. The van der Waals surface area contributed by atoms with Crippen LogP contribution in [0.4, 0.5) is 14.5 Å². The third kappa shape index (κ3) is 4.68. The minimum Gasteiger partial charge on any atom is -0.362 e. The average Bonchev–Trinajstić information content (AvgIpc) is 2.92. The molecule has 0 amide bonds. The zero-order valence-corrected chi connectivity index (χ0v) is 12.1. The van der Waals surface area contributed by atoms with Gasteiger partial charge in [-0.3, -0.25) is 0 Å². The van der Waals surface area contributed by atoms with E-state index in [0.29, 0.717) is 10.8 Å². The smallest absolute Gasteiger partial charge is 0.170 e. The van der Waals surface area contributed by atoms with Gasteiger partial charge in [0.1, 0.15) is 0 Å². The molecule has 2 rings (SSSR count). The van der Waals surface area contributed by atoms with E-state index in [1.54, 1.807) is 0 Å². The molecule has 0 atom stereocenters. The summed E-state index contributed by atoms with van der Waals surface area (Å²) < 4.78 is 25.8. The summed E-state index contributed by atoms with van der Waals surface area (Å²) in [7, 11) is 0. The van der Waals surface area contributed by atoms with Gasteiger partial charge in [0, 0.05) is 18.3 Å². The number of nitrogens with zero attached hydrogens (tertiary/aromatic N) is 1. The van der Waals surface area contributed by atoms with Crippen molar-refractivity contribution in [2.45, 2.75) is 19.3 Å². The van der Waals surface area contributed by atoms with Crippen molar-refractivity contribution < 1.29 is 8.78 Å². The number of nitrogens with one attached hydrogen (secondary N) is 2. The Morgan fingerprint density at radius 3 is 2.65 bits per heavy atom. The molecule has 0 aromatic heterocycles. The van der Waals surface area contributed by atoms with Gasteiger partial charge in [-0.1, -0.05) is 0 Å². The zero-order chi connectivity index (χ0) is 14.4. The molecule has 0 bridgehead atoms. The van der Waals surface area contributed by atoms with E-state index in [2.05, 4.69) is 15.5 Å². The topological polar surface area (TPSA) is 27.3 Å². The van der Waals surface area contributed by atoms with Gasteiger partial charge in [0.05, 0.1) is 0 Å². The van der Waals surface area contributed by atoms with Crippen molar-refractivity contribution in [2.24, 2.45) is 0 Å². The summed E-state index contributed by atoms with van der Waals surface area (Å²) in [6, 6.07) is 3.62. The van der Waals surface area contributed by atoms with Crippen molar-refractivity contribution in [1.29, 1.82) is 0 Å². The molecule has 0 aliphatic carbocycles. The predicted molar refractivity (Wildman–Crippen MR) is 80.9 cm³/mol. The summed E-state index contributed by atoms with van der Waals surface area (Å²) in [5, 5.41) is 6.33. The Hall–Kier alpha value is -1.27. The molecule has 0 spiro atoms. The Bertz CT molecular complexity index is 462. The summed E-state index contributed by atoms with van der Waals surface area (Å²) >= 11 is 5.11. The van der Waals surface area contributed by atoms with Crippen LogP contribution < -0.4 is 10.6 Å². The maximum absolute atomic E-state index is 13.0. The van der Waals surface area contributed by atoms with Crippen molar-refractivity contribution >= 4 is 23.0 Å². The van der Waals surface area contributed by atoms with Gasteiger partial charge in [-0.2, -0.15) is 0 Å². The Morgan fingerprint density at radius 2 is 1.95 bits per heavy atom. The number of hydrogen-bond donors (Lipinski definition) is 2. The highest BCUT2D eigenvalue weighted by atomic mass is 32.1. The normalized spacial score (nSPS) is 15.3. The molecule has 1 aromatic carbocycles. The minimum absolute atomic E-state index is 0.428. The summed E-state index contributed by atoms with van der Waals surface area (Å²) in [5.74, 6) is -1.74. The number of thiocarbonyl (C=S) groups is 1. The van der Waals surface area contributed by atoms with Gasteiger partial charge in [0.25, 0.3) is 0 Å². The van der Waals surface area contributed by atoms with Gasteiger partial charge < -0.3 is 15.5 Å². The lowest BCUT2D eigenvalue weighted by atomic mass is 10.3. The SMILES string of the molecule is Fc1ccc(NC(=S)NCCCN2CCCC2)cc1F. The van der Waals surface area contributed by atoms with Crippen LogP contribution in [0.3, 0.4) is 0 Å². The number of benzene rings is 1. The maximum Gasteiger partial charge on any atom is 0.170 e. The van der Waals surface area contributed by atoms with E-state index in [9.17, 15) is 8.78 Å². The van der Waals surface area contributed by atoms with Crippen LogP contribution in [0.1, 0.15) is 19.3 Å². The lowest BCUT2D eigenvalue weighted by Gasteiger charge is -2.15. The van der Waals surface area contributed by atoms with Gasteiger partial charge >= 0.3 is 0 Å². The van der Waals surface area contributed by atoms with Crippen LogP contribution in [0.25, 0.3) is 0 Å². The second-order valence-electron chi connectivity index (χ2n) is 4.91. The van der Waals surface area contributed by atoms with Crippen molar-refractivity contribution in [1.82, 2.24) is 10.2 Å². The van der Waals surface area contributed by atoms with Crippen molar-refractivity contribution in [3.05, 3.63) is 29.8 Å². The molecule has 0 saturated carbocycles. The largest absolute Gasteiger partial charge is 0.362 e. The summed E-state index contributed by atoms with van der Waals surface area (Å²) in [6.45, 7) is 4.22. The van der Waals surface area contributed by atoms with Crippen LogP contribution in [-0.2, 0) is 0 Å². The molecular weight excluding hydrogens is 280 g/mol. The first kappa shape index (κ1) is 15.1. The van der Waals surface area contributed by atoms with E-state index in [1.807, 2.05) is 0 Å². The Kier molecular flexibility index (Phi) is 5.67. The molecule has 0 radical (unpaired) electrons. The monoisotopic (exact) mass is 299 g/mol. The standard InChI is InChI=1S/C14H19F2N3S/c15-12-5-4-11(10-13(12)16)18-14(20)17-6-3-9-19-7-1-2-8-19/h4-5,10H,1-3,6-9H2,(H2,17,18,20). The van der Waals surface area contributed by atoms with Crippen molar-refractivity contribution in [2.75, 3.05) is 31.5 Å². The zero-order valence-electron chi connectivity index (χ0n) is 11.3. The quantitative estimate of drug-likeness (QED) is 0.646. The first-order chi connectivity index (χ1) is 9.65. The maximum atomic E-state index is 13.0.